The maximum absolute atomic E-state index is 13.4. The predicted octanol–water partition coefficient (Wildman–Crippen LogP) is 3.60. The highest BCUT2D eigenvalue weighted by atomic mass is 79.9. The van der Waals surface area contributed by atoms with E-state index in [0.717, 1.165) is 4.88 Å². The molecule has 0 fully saturated rings. The maximum Gasteiger partial charge on any atom is 0.305 e. The van der Waals surface area contributed by atoms with Crippen molar-refractivity contribution in [2.24, 2.45) is 0 Å². The molecule has 0 bridgehead atoms. The summed E-state index contributed by atoms with van der Waals surface area (Å²) in [5, 5.41) is 13.4. The summed E-state index contributed by atoms with van der Waals surface area (Å²) in [6.45, 7) is 0. The molecule has 2 rings (SSSR count). The summed E-state index contributed by atoms with van der Waals surface area (Å²) in [5.74, 6) is -2.10. The highest BCUT2D eigenvalue weighted by Crippen LogP contribution is 2.25. The molecule has 0 aliphatic carbocycles. The third-order valence-electron chi connectivity index (χ3n) is 2.77. The lowest BCUT2D eigenvalue weighted by Gasteiger charge is -2.16. The summed E-state index contributed by atoms with van der Waals surface area (Å²) in [5.41, 5.74) is 0.127. The minimum atomic E-state index is -1.02. The fraction of sp³-hybridized carbons (Fsp3) is 0.143. The maximum atomic E-state index is 13.4. The van der Waals surface area contributed by atoms with E-state index >= 15 is 0 Å². The zero-order valence-corrected chi connectivity index (χ0v) is 13.1. The lowest BCUT2D eigenvalue weighted by Crippen LogP contribution is -2.30. The fourth-order valence-corrected chi connectivity index (χ4v) is 3.02. The van der Waals surface area contributed by atoms with Crippen molar-refractivity contribution in [2.45, 2.75) is 12.5 Å². The van der Waals surface area contributed by atoms with Gasteiger partial charge in [-0.25, -0.2) is 4.39 Å². The van der Waals surface area contributed by atoms with Crippen molar-refractivity contribution in [3.05, 3.63) is 56.4 Å². The number of carboxylic acid groups (broad SMARTS) is 1. The summed E-state index contributed by atoms with van der Waals surface area (Å²) in [7, 11) is 0. The van der Waals surface area contributed by atoms with Crippen molar-refractivity contribution in [1.29, 1.82) is 0 Å². The number of carboxylic acids is 1. The summed E-state index contributed by atoms with van der Waals surface area (Å²) in [4.78, 5) is 23.9. The Hall–Kier alpha value is -1.73. The second-order valence-corrected chi connectivity index (χ2v) is 6.01. The summed E-state index contributed by atoms with van der Waals surface area (Å²) >= 11 is 4.37. The molecule has 0 aliphatic rings. The molecule has 0 saturated carbocycles. The smallest absolute Gasteiger partial charge is 0.305 e. The molecule has 21 heavy (non-hydrogen) atoms. The van der Waals surface area contributed by atoms with E-state index in [4.69, 9.17) is 5.11 Å². The number of aliphatic carboxylic acids is 1. The monoisotopic (exact) mass is 371 g/mol. The first-order valence-electron chi connectivity index (χ1n) is 5.99. The zero-order chi connectivity index (χ0) is 15.4. The topological polar surface area (TPSA) is 66.4 Å². The molecule has 1 unspecified atom stereocenters. The van der Waals surface area contributed by atoms with Crippen LogP contribution in [-0.4, -0.2) is 17.0 Å². The Morgan fingerprint density at radius 3 is 2.71 bits per heavy atom. The second-order valence-electron chi connectivity index (χ2n) is 4.24. The lowest BCUT2D eigenvalue weighted by molar-refractivity contribution is -0.137. The molecule has 1 atom stereocenters. The molecule has 0 aliphatic heterocycles. The van der Waals surface area contributed by atoms with Crippen molar-refractivity contribution < 1.29 is 19.1 Å². The van der Waals surface area contributed by atoms with Crippen LogP contribution in [0, 0.1) is 5.82 Å². The highest BCUT2D eigenvalue weighted by Gasteiger charge is 2.21. The van der Waals surface area contributed by atoms with Gasteiger partial charge in [-0.3, -0.25) is 9.59 Å². The number of benzene rings is 1. The van der Waals surface area contributed by atoms with Gasteiger partial charge in [0, 0.05) is 4.88 Å². The number of hydrogen-bond donors (Lipinski definition) is 2. The average Bonchev–Trinajstić information content (AvgIpc) is 2.94. The SMILES string of the molecule is O=C(O)CC(NC(=O)c1cccc(F)c1Br)c1cccs1. The van der Waals surface area contributed by atoms with Gasteiger partial charge >= 0.3 is 5.97 Å². The van der Waals surface area contributed by atoms with Crippen LogP contribution in [0.3, 0.4) is 0 Å². The molecule has 2 N–H and O–H groups in total. The minimum Gasteiger partial charge on any atom is -0.481 e. The van der Waals surface area contributed by atoms with E-state index in [2.05, 4.69) is 21.2 Å². The Kier molecular flexibility index (Phi) is 5.08. The van der Waals surface area contributed by atoms with Crippen molar-refractivity contribution in [2.75, 3.05) is 0 Å². The minimum absolute atomic E-state index is 0.0581. The first kappa shape index (κ1) is 15.7. The molecule has 4 nitrogen and oxygen atoms in total. The van der Waals surface area contributed by atoms with Crippen LogP contribution >= 0.6 is 27.3 Å². The van der Waals surface area contributed by atoms with Crippen LogP contribution in [0.4, 0.5) is 4.39 Å². The van der Waals surface area contributed by atoms with Gasteiger partial charge < -0.3 is 10.4 Å². The Morgan fingerprint density at radius 2 is 2.10 bits per heavy atom. The first-order valence-corrected chi connectivity index (χ1v) is 7.66. The van der Waals surface area contributed by atoms with Gasteiger partial charge in [0.2, 0.25) is 0 Å². The Balaban J connectivity index is 2.22. The van der Waals surface area contributed by atoms with Gasteiger partial charge in [0.05, 0.1) is 22.5 Å². The van der Waals surface area contributed by atoms with E-state index in [1.165, 1.54) is 29.5 Å². The average molecular weight is 372 g/mol. The number of halogens is 2. The molecule has 1 aromatic carbocycles. The lowest BCUT2D eigenvalue weighted by atomic mass is 10.1. The van der Waals surface area contributed by atoms with Crippen LogP contribution in [-0.2, 0) is 4.79 Å². The van der Waals surface area contributed by atoms with Crippen molar-refractivity contribution in [3.8, 4) is 0 Å². The first-order chi connectivity index (χ1) is 9.99. The summed E-state index contributed by atoms with van der Waals surface area (Å²) in [6.07, 6.45) is -0.237. The van der Waals surface area contributed by atoms with Gasteiger partial charge in [-0.15, -0.1) is 11.3 Å². The van der Waals surface area contributed by atoms with Crippen molar-refractivity contribution in [1.82, 2.24) is 5.32 Å². The van der Waals surface area contributed by atoms with Gasteiger partial charge in [0.1, 0.15) is 5.82 Å². The number of nitrogens with one attached hydrogen (secondary N) is 1. The quantitative estimate of drug-likeness (QED) is 0.843. The van der Waals surface area contributed by atoms with Crippen LogP contribution in [0.1, 0.15) is 27.7 Å². The van der Waals surface area contributed by atoms with E-state index in [0.29, 0.717) is 0 Å². The van der Waals surface area contributed by atoms with Crippen LogP contribution in [0.5, 0.6) is 0 Å². The number of hydrogen-bond acceptors (Lipinski definition) is 3. The summed E-state index contributed by atoms with van der Waals surface area (Å²) < 4.78 is 13.5. The predicted molar refractivity (Wildman–Crippen MR) is 80.9 cm³/mol. The molecule has 7 heteroatoms. The van der Waals surface area contributed by atoms with Gasteiger partial charge in [0.15, 0.2) is 0 Å². The van der Waals surface area contributed by atoms with Crippen LogP contribution < -0.4 is 5.32 Å². The molecule has 1 aromatic heterocycles. The number of thiophene rings is 1. The molecule has 1 amide bonds. The van der Waals surface area contributed by atoms with E-state index in [-0.39, 0.29) is 16.5 Å². The number of carbonyl (C=O) groups is 2. The van der Waals surface area contributed by atoms with Crippen LogP contribution in [0.2, 0.25) is 0 Å². The third kappa shape index (κ3) is 3.89. The van der Waals surface area contributed by atoms with E-state index in [9.17, 15) is 14.0 Å². The van der Waals surface area contributed by atoms with Crippen molar-refractivity contribution in [3.63, 3.8) is 0 Å². The Morgan fingerprint density at radius 1 is 1.33 bits per heavy atom. The third-order valence-corrected chi connectivity index (χ3v) is 4.56. The molecular formula is C14H11BrFNO3S. The van der Waals surface area contributed by atoms with Gasteiger partial charge in [-0.1, -0.05) is 12.1 Å². The Bertz CT molecular complexity index is 660. The van der Waals surface area contributed by atoms with E-state index in [1.54, 1.807) is 17.5 Å². The largest absolute Gasteiger partial charge is 0.481 e. The van der Waals surface area contributed by atoms with Crippen LogP contribution in [0.15, 0.2) is 40.2 Å². The standard InChI is InChI=1S/C14H11BrFNO3S/c15-13-8(3-1-4-9(13)16)14(20)17-10(7-12(18)19)11-5-2-6-21-11/h1-6,10H,7H2,(H,17,20)(H,18,19). The highest BCUT2D eigenvalue weighted by molar-refractivity contribution is 9.10. The van der Waals surface area contributed by atoms with E-state index < -0.39 is 23.7 Å². The molecule has 110 valence electrons. The zero-order valence-electron chi connectivity index (χ0n) is 10.7. The van der Waals surface area contributed by atoms with Crippen molar-refractivity contribution >= 4 is 39.1 Å². The second kappa shape index (κ2) is 6.82. The molecule has 0 spiro atoms. The number of carbonyl (C=O) groups excluding carboxylic acids is 1. The van der Waals surface area contributed by atoms with Gasteiger partial charge in [-0.05, 0) is 39.5 Å². The number of rotatable bonds is 5. The normalized spacial score (nSPS) is 11.9. The summed E-state index contributed by atoms with van der Waals surface area (Å²) in [6, 6.07) is 7.00. The molecular weight excluding hydrogens is 361 g/mol. The molecule has 1 heterocycles. The van der Waals surface area contributed by atoms with Gasteiger partial charge in [0.25, 0.3) is 5.91 Å². The number of amides is 1. The van der Waals surface area contributed by atoms with E-state index in [1.807, 2.05) is 0 Å². The molecule has 0 radical (unpaired) electrons. The molecule has 0 saturated heterocycles. The fourth-order valence-electron chi connectivity index (χ4n) is 1.80. The van der Waals surface area contributed by atoms with Crippen LogP contribution in [0.25, 0.3) is 0 Å². The van der Waals surface area contributed by atoms with Gasteiger partial charge in [-0.2, -0.15) is 0 Å². The Labute approximate surface area is 132 Å². The molecule has 2 aromatic rings.